The van der Waals surface area contributed by atoms with E-state index in [2.05, 4.69) is 5.32 Å². The summed E-state index contributed by atoms with van der Waals surface area (Å²) in [6, 6.07) is 12.8. The van der Waals surface area contributed by atoms with E-state index in [1.165, 1.54) is 10.6 Å². The Labute approximate surface area is 135 Å². The van der Waals surface area contributed by atoms with Gasteiger partial charge in [-0.2, -0.15) is 5.26 Å². The molecule has 5 heteroatoms. The number of aryl methyl sites for hydroxylation is 1. The van der Waals surface area contributed by atoms with Crippen LogP contribution in [0.2, 0.25) is 0 Å². The van der Waals surface area contributed by atoms with Gasteiger partial charge >= 0.3 is 0 Å². The summed E-state index contributed by atoms with van der Waals surface area (Å²) >= 11 is 0. The fourth-order valence-electron chi connectivity index (χ4n) is 2.26. The highest BCUT2D eigenvalue weighted by molar-refractivity contribution is 5.76. The molecule has 0 radical (unpaired) electrons. The second-order valence-electron chi connectivity index (χ2n) is 5.35. The van der Waals surface area contributed by atoms with Crippen molar-refractivity contribution in [1.29, 1.82) is 5.26 Å². The van der Waals surface area contributed by atoms with Gasteiger partial charge in [-0.05, 0) is 31.0 Å². The molecule has 0 aliphatic rings. The second-order valence-corrected chi connectivity index (χ2v) is 5.35. The normalized spacial score (nSPS) is 10.1. The van der Waals surface area contributed by atoms with Gasteiger partial charge in [0.1, 0.15) is 18.2 Å². The van der Waals surface area contributed by atoms with Gasteiger partial charge in [-0.1, -0.05) is 36.8 Å². The zero-order chi connectivity index (χ0) is 16.8. The van der Waals surface area contributed by atoms with E-state index in [1.807, 2.05) is 44.2 Å². The highest BCUT2D eigenvalue weighted by atomic mass is 16.2. The van der Waals surface area contributed by atoms with Crippen molar-refractivity contribution in [2.24, 2.45) is 0 Å². The Morgan fingerprint density at radius 3 is 2.52 bits per heavy atom. The van der Waals surface area contributed by atoms with Crippen LogP contribution in [-0.4, -0.2) is 17.0 Å². The van der Waals surface area contributed by atoms with Crippen LogP contribution in [0.15, 0.2) is 41.2 Å². The van der Waals surface area contributed by atoms with Crippen molar-refractivity contribution >= 4 is 5.91 Å². The number of benzene rings is 1. The van der Waals surface area contributed by atoms with Crippen LogP contribution < -0.4 is 10.9 Å². The van der Waals surface area contributed by atoms with Crippen molar-refractivity contribution in [2.75, 3.05) is 6.54 Å². The summed E-state index contributed by atoms with van der Waals surface area (Å²) in [6.45, 7) is 4.40. The smallest absolute Gasteiger partial charge is 0.269 e. The molecule has 5 nitrogen and oxygen atoms in total. The van der Waals surface area contributed by atoms with Gasteiger partial charge in [0.25, 0.3) is 5.56 Å². The first-order valence-corrected chi connectivity index (χ1v) is 7.54. The summed E-state index contributed by atoms with van der Waals surface area (Å²) in [5.74, 6) is -0.239. The maximum atomic E-state index is 12.4. The number of carbonyl (C=O) groups is 1. The Morgan fingerprint density at radius 1 is 1.22 bits per heavy atom. The van der Waals surface area contributed by atoms with Gasteiger partial charge in [-0.3, -0.25) is 14.2 Å². The Hall–Kier alpha value is -2.87. The third-order valence-electron chi connectivity index (χ3n) is 3.52. The third kappa shape index (κ3) is 3.86. The number of nitriles is 1. The minimum absolute atomic E-state index is 0.0316. The molecule has 0 spiro atoms. The molecular formula is C18H19N3O2. The van der Waals surface area contributed by atoms with Crippen molar-refractivity contribution < 1.29 is 4.79 Å². The van der Waals surface area contributed by atoms with Crippen molar-refractivity contribution in [1.82, 2.24) is 9.88 Å². The Morgan fingerprint density at radius 2 is 1.91 bits per heavy atom. The zero-order valence-corrected chi connectivity index (χ0v) is 13.3. The number of pyridine rings is 1. The molecule has 1 heterocycles. The predicted octanol–water partition coefficient (Wildman–Crippen LogP) is 2.22. The van der Waals surface area contributed by atoms with Gasteiger partial charge in [0.05, 0.1) is 5.69 Å². The molecule has 0 atom stereocenters. The molecule has 1 aromatic carbocycles. The molecule has 0 saturated heterocycles. The highest BCUT2D eigenvalue weighted by Crippen LogP contribution is 2.19. The standard InChI is InChI=1S/C18H19N3O2/c1-3-10-20-17(22)12-21-16(9-8-15(11-19)18(21)23)14-6-4-13(2)5-7-14/h4-9H,3,10,12H2,1-2H3,(H,20,22). The van der Waals surface area contributed by atoms with Gasteiger partial charge in [-0.15, -0.1) is 0 Å². The second kappa shape index (κ2) is 7.41. The summed E-state index contributed by atoms with van der Waals surface area (Å²) in [4.78, 5) is 24.4. The van der Waals surface area contributed by atoms with Gasteiger partial charge in [0.15, 0.2) is 0 Å². The monoisotopic (exact) mass is 309 g/mol. The van der Waals surface area contributed by atoms with Crippen molar-refractivity contribution in [2.45, 2.75) is 26.8 Å². The molecule has 1 amide bonds. The number of amides is 1. The lowest BCUT2D eigenvalue weighted by atomic mass is 10.1. The lowest BCUT2D eigenvalue weighted by Crippen LogP contribution is -2.34. The summed E-state index contributed by atoms with van der Waals surface area (Å²) < 4.78 is 1.36. The van der Waals surface area contributed by atoms with Crippen LogP contribution in [0.25, 0.3) is 11.3 Å². The van der Waals surface area contributed by atoms with Crippen LogP contribution in [0.5, 0.6) is 0 Å². The molecule has 23 heavy (non-hydrogen) atoms. The van der Waals surface area contributed by atoms with Gasteiger partial charge in [0.2, 0.25) is 5.91 Å². The maximum Gasteiger partial charge on any atom is 0.269 e. The number of hydrogen-bond donors (Lipinski definition) is 1. The van der Waals surface area contributed by atoms with Crippen molar-refractivity contribution in [3.8, 4) is 17.3 Å². The number of nitrogens with zero attached hydrogens (tertiary/aromatic N) is 2. The third-order valence-corrected chi connectivity index (χ3v) is 3.52. The van der Waals surface area contributed by atoms with Crippen molar-refractivity contribution in [3.63, 3.8) is 0 Å². The first kappa shape index (κ1) is 16.5. The van der Waals surface area contributed by atoms with E-state index >= 15 is 0 Å². The molecule has 0 aliphatic heterocycles. The number of aromatic nitrogens is 1. The number of carbonyl (C=O) groups excluding carboxylic acids is 1. The maximum absolute atomic E-state index is 12.4. The molecule has 0 fully saturated rings. The molecule has 1 aromatic heterocycles. The molecule has 2 rings (SSSR count). The first-order chi connectivity index (χ1) is 11.1. The molecule has 118 valence electrons. The summed E-state index contributed by atoms with van der Waals surface area (Å²) in [5.41, 5.74) is 2.15. The van der Waals surface area contributed by atoms with Crippen LogP contribution >= 0.6 is 0 Å². The van der Waals surface area contributed by atoms with Gasteiger partial charge < -0.3 is 5.32 Å². The largest absolute Gasteiger partial charge is 0.355 e. The highest BCUT2D eigenvalue weighted by Gasteiger charge is 2.13. The average molecular weight is 309 g/mol. The van der Waals surface area contributed by atoms with E-state index in [0.29, 0.717) is 12.2 Å². The Balaban J connectivity index is 2.48. The summed E-state index contributed by atoms with van der Waals surface area (Å²) in [5, 5.41) is 11.8. The molecule has 0 saturated carbocycles. The summed E-state index contributed by atoms with van der Waals surface area (Å²) in [6.07, 6.45) is 0.823. The minimum Gasteiger partial charge on any atom is -0.355 e. The Bertz CT molecular complexity index is 798. The molecule has 2 aromatic rings. The quantitative estimate of drug-likeness (QED) is 0.920. The van der Waals surface area contributed by atoms with Gasteiger partial charge in [0, 0.05) is 6.54 Å². The van der Waals surface area contributed by atoms with Crippen molar-refractivity contribution in [3.05, 3.63) is 57.9 Å². The fourth-order valence-corrected chi connectivity index (χ4v) is 2.26. The van der Waals surface area contributed by atoms with Crippen LogP contribution in [0.3, 0.4) is 0 Å². The number of hydrogen-bond acceptors (Lipinski definition) is 3. The molecule has 1 N–H and O–H groups in total. The lowest BCUT2D eigenvalue weighted by Gasteiger charge is -2.13. The van der Waals surface area contributed by atoms with E-state index in [1.54, 1.807) is 6.07 Å². The first-order valence-electron chi connectivity index (χ1n) is 7.54. The van der Waals surface area contributed by atoms with Crippen LogP contribution in [-0.2, 0) is 11.3 Å². The van der Waals surface area contributed by atoms with Gasteiger partial charge in [-0.25, -0.2) is 0 Å². The van der Waals surface area contributed by atoms with E-state index in [-0.39, 0.29) is 18.0 Å². The average Bonchev–Trinajstić information content (AvgIpc) is 2.55. The minimum atomic E-state index is -0.447. The fraction of sp³-hybridized carbons (Fsp3) is 0.278. The van der Waals surface area contributed by atoms with E-state index in [0.717, 1.165) is 17.5 Å². The SMILES string of the molecule is CCCNC(=O)Cn1c(-c2ccc(C)cc2)ccc(C#N)c1=O. The van der Waals surface area contributed by atoms with Crippen LogP contribution in [0.4, 0.5) is 0 Å². The molecule has 0 unspecified atom stereocenters. The topological polar surface area (TPSA) is 74.9 Å². The Kier molecular flexibility index (Phi) is 5.32. The predicted molar refractivity (Wildman–Crippen MR) is 88.9 cm³/mol. The molecular weight excluding hydrogens is 290 g/mol. The van der Waals surface area contributed by atoms with Crippen LogP contribution in [0, 0.1) is 18.3 Å². The zero-order valence-electron chi connectivity index (χ0n) is 13.3. The molecule has 0 aliphatic carbocycles. The lowest BCUT2D eigenvalue weighted by molar-refractivity contribution is -0.121. The molecule has 0 bridgehead atoms. The number of rotatable bonds is 5. The van der Waals surface area contributed by atoms with E-state index in [9.17, 15) is 9.59 Å². The van der Waals surface area contributed by atoms with E-state index in [4.69, 9.17) is 5.26 Å². The van der Waals surface area contributed by atoms with E-state index < -0.39 is 5.56 Å². The van der Waals surface area contributed by atoms with Crippen LogP contribution in [0.1, 0.15) is 24.5 Å². The number of nitrogens with one attached hydrogen (secondary N) is 1. The summed E-state index contributed by atoms with van der Waals surface area (Å²) in [7, 11) is 0.